The molecule has 2 aromatic carbocycles. The fraction of sp³-hybridized carbons (Fsp3) is 0.0800. The summed E-state index contributed by atoms with van der Waals surface area (Å²) in [6.07, 6.45) is 3.19. The van der Waals surface area contributed by atoms with E-state index in [9.17, 15) is 14.4 Å². The van der Waals surface area contributed by atoms with E-state index in [1.807, 2.05) is 18.2 Å². The summed E-state index contributed by atoms with van der Waals surface area (Å²) < 4.78 is 0. The Morgan fingerprint density at radius 3 is 2.44 bits per heavy atom. The van der Waals surface area contributed by atoms with Crippen molar-refractivity contribution in [3.63, 3.8) is 0 Å². The molecule has 8 nitrogen and oxygen atoms in total. The Hall–Kier alpha value is -4.37. The third kappa shape index (κ3) is 6.33. The lowest BCUT2D eigenvalue weighted by molar-refractivity contribution is -0.120. The van der Waals surface area contributed by atoms with Crippen LogP contribution in [0.15, 0.2) is 84.5 Å². The third-order valence-corrected chi connectivity index (χ3v) is 5.55. The van der Waals surface area contributed by atoms with E-state index in [1.165, 1.54) is 17.5 Å². The van der Waals surface area contributed by atoms with Gasteiger partial charge in [0.2, 0.25) is 5.91 Å². The van der Waals surface area contributed by atoms with Gasteiger partial charge in [-0.1, -0.05) is 30.3 Å². The van der Waals surface area contributed by atoms with Gasteiger partial charge in [-0.25, -0.2) is 4.98 Å². The second-order valence-corrected chi connectivity index (χ2v) is 8.17. The third-order valence-electron chi connectivity index (χ3n) is 4.75. The highest BCUT2D eigenvalue weighted by Gasteiger charge is 2.11. The fourth-order valence-electron chi connectivity index (χ4n) is 3.09. The van der Waals surface area contributed by atoms with Crippen molar-refractivity contribution in [2.24, 2.45) is 0 Å². The average molecular weight is 472 g/mol. The highest BCUT2D eigenvalue weighted by Crippen LogP contribution is 2.17. The van der Waals surface area contributed by atoms with Gasteiger partial charge in [0.15, 0.2) is 5.13 Å². The molecule has 0 saturated heterocycles. The van der Waals surface area contributed by atoms with Crippen molar-refractivity contribution in [1.29, 1.82) is 0 Å². The number of hydrogen-bond acceptors (Lipinski definition) is 6. The lowest BCUT2D eigenvalue weighted by Gasteiger charge is -2.08. The molecule has 170 valence electrons. The van der Waals surface area contributed by atoms with Crippen LogP contribution in [0.5, 0.6) is 0 Å². The van der Waals surface area contributed by atoms with Crippen LogP contribution < -0.4 is 16.0 Å². The maximum absolute atomic E-state index is 12.4. The Kier molecular flexibility index (Phi) is 7.36. The molecule has 9 heteroatoms. The van der Waals surface area contributed by atoms with Gasteiger partial charge in [-0.15, -0.1) is 11.3 Å². The first-order chi connectivity index (χ1) is 16.6. The number of anilines is 2. The molecule has 0 aliphatic rings. The summed E-state index contributed by atoms with van der Waals surface area (Å²) in [6.45, 7) is 0.303. The standard InChI is InChI=1S/C25H21N5O3S/c31-22(13-21-16-34-25(29-21)30-23(32)18-7-2-1-3-8-18)27-14-17-6-4-10-20(12-17)28-24(33)19-9-5-11-26-15-19/h1-12,15-16H,13-14H2,(H,27,31)(H,28,33)(H,29,30,32). The zero-order chi connectivity index (χ0) is 23.8. The zero-order valence-electron chi connectivity index (χ0n) is 18.0. The molecule has 0 saturated carbocycles. The van der Waals surface area contributed by atoms with Crippen molar-refractivity contribution in [3.05, 3.63) is 107 Å². The molecule has 0 aliphatic heterocycles. The van der Waals surface area contributed by atoms with Crippen molar-refractivity contribution in [1.82, 2.24) is 15.3 Å². The van der Waals surface area contributed by atoms with Crippen LogP contribution in [0.1, 0.15) is 32.0 Å². The number of benzene rings is 2. The van der Waals surface area contributed by atoms with Crippen molar-refractivity contribution in [2.45, 2.75) is 13.0 Å². The van der Waals surface area contributed by atoms with Gasteiger partial charge in [0, 0.05) is 35.6 Å². The molecule has 0 radical (unpaired) electrons. The van der Waals surface area contributed by atoms with Crippen LogP contribution in [-0.4, -0.2) is 27.7 Å². The molecule has 0 atom stereocenters. The van der Waals surface area contributed by atoms with Gasteiger partial charge < -0.3 is 10.6 Å². The Balaban J connectivity index is 1.27. The first-order valence-corrected chi connectivity index (χ1v) is 11.3. The van der Waals surface area contributed by atoms with Crippen LogP contribution in [0.25, 0.3) is 0 Å². The van der Waals surface area contributed by atoms with Crippen LogP contribution in [0.4, 0.5) is 10.8 Å². The summed E-state index contributed by atoms with van der Waals surface area (Å²) in [4.78, 5) is 45.2. The summed E-state index contributed by atoms with van der Waals surface area (Å²) in [5, 5.41) is 10.6. The van der Waals surface area contributed by atoms with E-state index in [2.05, 4.69) is 25.9 Å². The van der Waals surface area contributed by atoms with Crippen molar-refractivity contribution in [3.8, 4) is 0 Å². The Labute approximate surface area is 200 Å². The smallest absolute Gasteiger partial charge is 0.257 e. The zero-order valence-corrected chi connectivity index (χ0v) is 18.8. The van der Waals surface area contributed by atoms with Gasteiger partial charge in [0.1, 0.15) is 0 Å². The quantitative estimate of drug-likeness (QED) is 0.361. The molecule has 2 aromatic heterocycles. The minimum Gasteiger partial charge on any atom is -0.352 e. The molecule has 3 amide bonds. The van der Waals surface area contributed by atoms with E-state index < -0.39 is 0 Å². The Morgan fingerprint density at radius 2 is 1.65 bits per heavy atom. The van der Waals surface area contributed by atoms with Crippen LogP contribution in [-0.2, 0) is 17.8 Å². The maximum atomic E-state index is 12.4. The number of hydrogen-bond donors (Lipinski definition) is 3. The summed E-state index contributed by atoms with van der Waals surface area (Å²) in [5.74, 6) is -0.703. The summed E-state index contributed by atoms with van der Waals surface area (Å²) in [6, 6.07) is 19.5. The van der Waals surface area contributed by atoms with Gasteiger partial charge in [0.25, 0.3) is 11.8 Å². The minimum atomic E-state index is -0.257. The Morgan fingerprint density at radius 1 is 0.853 bits per heavy atom. The number of nitrogens with zero attached hydrogens (tertiary/aromatic N) is 2. The SMILES string of the molecule is O=C(Cc1csc(NC(=O)c2ccccc2)n1)NCc1cccc(NC(=O)c2cccnc2)c1. The van der Waals surface area contributed by atoms with E-state index in [1.54, 1.807) is 60.1 Å². The molecule has 3 N–H and O–H groups in total. The number of pyridine rings is 1. The van der Waals surface area contributed by atoms with Crippen LogP contribution in [0.3, 0.4) is 0 Å². The summed E-state index contributed by atoms with van der Waals surface area (Å²) in [7, 11) is 0. The molecule has 0 bridgehead atoms. The number of aromatic nitrogens is 2. The highest BCUT2D eigenvalue weighted by atomic mass is 32.1. The van der Waals surface area contributed by atoms with Gasteiger partial charge in [0.05, 0.1) is 17.7 Å². The number of thiazole rings is 1. The second-order valence-electron chi connectivity index (χ2n) is 7.31. The topological polar surface area (TPSA) is 113 Å². The van der Waals surface area contributed by atoms with Crippen LogP contribution in [0, 0.1) is 0 Å². The summed E-state index contributed by atoms with van der Waals surface area (Å²) >= 11 is 1.27. The van der Waals surface area contributed by atoms with E-state index in [0.29, 0.717) is 34.2 Å². The van der Waals surface area contributed by atoms with E-state index in [4.69, 9.17) is 0 Å². The highest BCUT2D eigenvalue weighted by molar-refractivity contribution is 7.14. The normalized spacial score (nSPS) is 10.4. The number of amides is 3. The maximum Gasteiger partial charge on any atom is 0.257 e. The monoisotopic (exact) mass is 471 g/mol. The average Bonchev–Trinajstić information content (AvgIpc) is 3.30. The van der Waals surface area contributed by atoms with Crippen molar-refractivity contribution < 1.29 is 14.4 Å². The molecular weight excluding hydrogens is 450 g/mol. The van der Waals surface area contributed by atoms with Gasteiger partial charge >= 0.3 is 0 Å². The fourth-order valence-corrected chi connectivity index (χ4v) is 3.80. The van der Waals surface area contributed by atoms with E-state index >= 15 is 0 Å². The van der Waals surface area contributed by atoms with Crippen molar-refractivity contribution >= 4 is 39.9 Å². The van der Waals surface area contributed by atoms with Gasteiger partial charge in [-0.3, -0.25) is 24.7 Å². The Bertz CT molecular complexity index is 1290. The molecule has 0 fully saturated rings. The van der Waals surface area contributed by atoms with E-state index in [-0.39, 0.29) is 24.1 Å². The number of carbonyl (C=O) groups is 3. The summed E-state index contributed by atoms with van der Waals surface area (Å²) in [5.41, 5.74) is 3.04. The second kappa shape index (κ2) is 11.0. The molecule has 4 rings (SSSR count). The first-order valence-electron chi connectivity index (χ1n) is 10.4. The van der Waals surface area contributed by atoms with Crippen molar-refractivity contribution in [2.75, 3.05) is 10.6 Å². The van der Waals surface area contributed by atoms with Crippen LogP contribution >= 0.6 is 11.3 Å². The van der Waals surface area contributed by atoms with Gasteiger partial charge in [-0.2, -0.15) is 0 Å². The molecule has 2 heterocycles. The minimum absolute atomic E-state index is 0.0924. The number of carbonyl (C=O) groups excluding carboxylic acids is 3. The predicted molar refractivity (Wildman–Crippen MR) is 131 cm³/mol. The lowest BCUT2D eigenvalue weighted by Crippen LogP contribution is -2.24. The largest absolute Gasteiger partial charge is 0.352 e. The lowest BCUT2D eigenvalue weighted by atomic mass is 10.2. The molecular formula is C25H21N5O3S. The number of nitrogens with one attached hydrogen (secondary N) is 3. The molecule has 0 spiro atoms. The van der Waals surface area contributed by atoms with E-state index in [0.717, 1.165) is 5.56 Å². The molecule has 0 aliphatic carbocycles. The van der Waals surface area contributed by atoms with Crippen LogP contribution in [0.2, 0.25) is 0 Å². The molecule has 0 unspecified atom stereocenters. The number of rotatable bonds is 8. The first kappa shape index (κ1) is 22.8. The molecule has 4 aromatic rings. The van der Waals surface area contributed by atoms with Gasteiger partial charge in [-0.05, 0) is 42.0 Å². The molecule has 34 heavy (non-hydrogen) atoms. The predicted octanol–water partition coefficient (Wildman–Crippen LogP) is 3.90.